The average Bonchev–Trinajstić information content (AvgIpc) is 2.68. The zero-order valence-corrected chi connectivity index (χ0v) is 19.8. The van der Waals surface area contributed by atoms with Gasteiger partial charge in [0.25, 0.3) is 0 Å². The second kappa shape index (κ2) is 8.86. The van der Waals surface area contributed by atoms with Crippen LogP contribution in [0.25, 0.3) is 0 Å². The molecule has 0 N–H and O–H groups in total. The fourth-order valence-corrected chi connectivity index (χ4v) is 7.18. The van der Waals surface area contributed by atoms with Crippen molar-refractivity contribution in [2.75, 3.05) is 0 Å². The molecule has 0 unspecified atom stereocenters. The summed E-state index contributed by atoms with van der Waals surface area (Å²) in [5.74, 6) is 0. The zero-order chi connectivity index (χ0) is 22.2. The number of hydrogen-bond donors (Lipinski definition) is 0. The van der Waals surface area contributed by atoms with Crippen molar-refractivity contribution in [1.82, 2.24) is 0 Å². The minimum absolute atomic E-state index is 0.00362. The van der Waals surface area contributed by atoms with Crippen LogP contribution in [0.2, 0.25) is 20.1 Å². The highest BCUT2D eigenvalue weighted by molar-refractivity contribution is 8.01. The number of carbonyl (C=O) groups is 2. The third-order valence-corrected chi connectivity index (χ3v) is 8.64. The van der Waals surface area contributed by atoms with Crippen LogP contribution >= 0.6 is 53.5 Å². The van der Waals surface area contributed by atoms with Crippen molar-refractivity contribution in [3.8, 4) is 0 Å². The Labute approximate surface area is 194 Å². The van der Waals surface area contributed by atoms with Gasteiger partial charge in [-0.25, -0.2) is 0 Å². The third kappa shape index (κ3) is 3.98. The van der Waals surface area contributed by atoms with E-state index in [4.69, 9.17) is 46.4 Å². The van der Waals surface area contributed by atoms with E-state index in [1.54, 1.807) is 44.2 Å². The van der Waals surface area contributed by atoms with Gasteiger partial charge in [-0.15, -0.1) is 0 Å². The fourth-order valence-electron chi connectivity index (χ4n) is 3.09. The van der Waals surface area contributed by atoms with Crippen LogP contribution in [0.15, 0.2) is 54.6 Å². The molecule has 0 amide bonds. The zero-order valence-electron chi connectivity index (χ0n) is 15.9. The monoisotopic (exact) mass is 498 g/mol. The van der Waals surface area contributed by atoms with Crippen LogP contribution in [-0.2, 0) is 4.57 Å². The smallest absolute Gasteiger partial charge is 0.249 e. The Kier molecular flexibility index (Phi) is 6.81. The Morgan fingerprint density at radius 2 is 1.10 bits per heavy atom. The molecule has 0 aliphatic carbocycles. The average molecular weight is 500 g/mol. The van der Waals surface area contributed by atoms with Gasteiger partial charge in [0.2, 0.25) is 18.2 Å². The van der Waals surface area contributed by atoms with E-state index in [-0.39, 0.29) is 36.5 Å². The fraction of sp³-hybridized carbons (Fsp3) is 0.0909. The van der Waals surface area contributed by atoms with Gasteiger partial charge in [-0.3, -0.25) is 9.59 Å². The van der Waals surface area contributed by atoms with Gasteiger partial charge in [-0.2, -0.15) is 0 Å². The van der Waals surface area contributed by atoms with E-state index in [9.17, 15) is 14.2 Å². The second-order valence-electron chi connectivity index (χ2n) is 6.70. The lowest BCUT2D eigenvalue weighted by Crippen LogP contribution is -2.23. The summed E-state index contributed by atoms with van der Waals surface area (Å²) in [5, 5.41) is 0.0869. The highest BCUT2D eigenvalue weighted by Crippen LogP contribution is 2.55. The van der Waals surface area contributed by atoms with E-state index in [0.717, 1.165) is 5.56 Å². The maximum Gasteiger partial charge on any atom is 0.249 e. The standard InChI is InChI=1S/C22H15Cl4O3P/c1-12-9-10-13(2)18(11-12)30(29,21(27)19-14(23)5-3-6-15(19)24)22(28)20-16(25)7-4-8-17(20)26/h3-11H,1-2H3. The van der Waals surface area contributed by atoms with E-state index in [1.807, 2.05) is 0 Å². The second-order valence-corrected chi connectivity index (χ2v) is 10.8. The van der Waals surface area contributed by atoms with Crippen molar-refractivity contribution >= 4 is 69.9 Å². The van der Waals surface area contributed by atoms with Crippen LogP contribution in [0.3, 0.4) is 0 Å². The molecule has 154 valence electrons. The minimum Gasteiger partial charge on any atom is -0.302 e. The molecule has 0 spiro atoms. The van der Waals surface area contributed by atoms with Crippen molar-refractivity contribution in [2.45, 2.75) is 13.8 Å². The van der Waals surface area contributed by atoms with Crippen LogP contribution in [0, 0.1) is 13.8 Å². The molecule has 3 aromatic carbocycles. The van der Waals surface area contributed by atoms with Crippen molar-refractivity contribution in [1.29, 1.82) is 0 Å². The molecular weight excluding hydrogens is 485 g/mol. The first-order valence-corrected chi connectivity index (χ1v) is 12.0. The van der Waals surface area contributed by atoms with Crippen molar-refractivity contribution in [3.05, 3.63) is 96.9 Å². The molecule has 0 aliphatic rings. The molecule has 0 aromatic heterocycles. The molecule has 3 nitrogen and oxygen atoms in total. The molecular formula is C22H15Cl4O3P. The van der Waals surface area contributed by atoms with Gasteiger partial charge in [0.1, 0.15) is 0 Å². The van der Waals surface area contributed by atoms with E-state index in [1.165, 1.54) is 24.3 Å². The summed E-state index contributed by atoms with van der Waals surface area (Å²) in [6, 6.07) is 13.9. The lowest BCUT2D eigenvalue weighted by Gasteiger charge is -2.21. The van der Waals surface area contributed by atoms with Gasteiger partial charge in [-0.1, -0.05) is 76.2 Å². The lowest BCUT2D eigenvalue weighted by molar-refractivity contribution is 0.104. The first-order chi connectivity index (χ1) is 14.1. The molecule has 3 aromatic rings. The quantitative estimate of drug-likeness (QED) is 0.340. The Hall–Kier alpha value is -1.61. The first-order valence-electron chi connectivity index (χ1n) is 8.74. The van der Waals surface area contributed by atoms with Crippen molar-refractivity contribution < 1.29 is 14.2 Å². The van der Waals surface area contributed by atoms with Gasteiger partial charge in [0.05, 0.1) is 31.2 Å². The maximum atomic E-state index is 14.5. The van der Waals surface area contributed by atoms with Crippen LogP contribution in [0.1, 0.15) is 31.8 Å². The predicted octanol–water partition coefficient (Wildman–Crippen LogP) is 7.59. The SMILES string of the molecule is Cc1ccc(C)c(P(=O)(C(=O)c2c(Cl)cccc2Cl)C(=O)c2c(Cl)cccc2Cl)c1. The number of carbonyl (C=O) groups excluding carboxylic acids is 2. The Morgan fingerprint density at radius 3 is 1.50 bits per heavy atom. The molecule has 30 heavy (non-hydrogen) atoms. The summed E-state index contributed by atoms with van der Waals surface area (Å²) in [7, 11) is -4.49. The van der Waals surface area contributed by atoms with Crippen molar-refractivity contribution in [3.63, 3.8) is 0 Å². The van der Waals surface area contributed by atoms with E-state index >= 15 is 0 Å². The van der Waals surface area contributed by atoms with Crippen LogP contribution in [0.4, 0.5) is 0 Å². The molecule has 0 saturated heterocycles. The van der Waals surface area contributed by atoms with Gasteiger partial charge in [-0.05, 0) is 49.7 Å². The van der Waals surface area contributed by atoms with E-state index in [2.05, 4.69) is 0 Å². The number of aryl methyl sites for hydroxylation is 2. The molecule has 0 bridgehead atoms. The summed E-state index contributed by atoms with van der Waals surface area (Å²) in [6.07, 6.45) is 0. The maximum absolute atomic E-state index is 14.5. The molecule has 3 rings (SSSR count). The Morgan fingerprint density at radius 1 is 0.700 bits per heavy atom. The summed E-state index contributed by atoms with van der Waals surface area (Å²) in [4.78, 5) is 27.3. The lowest BCUT2D eigenvalue weighted by atomic mass is 10.2. The Bertz CT molecular complexity index is 1130. The number of benzene rings is 3. The van der Waals surface area contributed by atoms with Crippen LogP contribution in [-0.4, -0.2) is 11.0 Å². The normalized spacial score (nSPS) is 11.4. The molecule has 0 saturated carbocycles. The van der Waals surface area contributed by atoms with Gasteiger partial charge in [0.15, 0.2) is 0 Å². The van der Waals surface area contributed by atoms with Gasteiger partial charge >= 0.3 is 0 Å². The minimum atomic E-state index is -4.49. The number of halogens is 4. The van der Waals surface area contributed by atoms with Gasteiger partial charge in [0, 0.05) is 5.30 Å². The van der Waals surface area contributed by atoms with E-state index in [0.29, 0.717) is 5.56 Å². The summed E-state index contributed by atoms with van der Waals surface area (Å²) < 4.78 is 14.5. The summed E-state index contributed by atoms with van der Waals surface area (Å²) in [5.41, 5.74) is -1.05. The largest absolute Gasteiger partial charge is 0.302 e. The number of rotatable bonds is 5. The first kappa shape index (κ1) is 23.1. The molecule has 0 radical (unpaired) electrons. The van der Waals surface area contributed by atoms with Crippen molar-refractivity contribution in [2.24, 2.45) is 0 Å². The van der Waals surface area contributed by atoms with Crippen LogP contribution in [0.5, 0.6) is 0 Å². The Balaban J connectivity index is 2.38. The number of hydrogen-bond acceptors (Lipinski definition) is 3. The highest BCUT2D eigenvalue weighted by Gasteiger charge is 2.46. The van der Waals surface area contributed by atoms with E-state index < -0.39 is 18.2 Å². The van der Waals surface area contributed by atoms with Gasteiger partial charge < -0.3 is 4.57 Å². The third-order valence-electron chi connectivity index (χ3n) is 4.63. The summed E-state index contributed by atoms with van der Waals surface area (Å²) >= 11 is 24.8. The predicted molar refractivity (Wildman–Crippen MR) is 125 cm³/mol. The van der Waals surface area contributed by atoms with Crippen LogP contribution < -0.4 is 5.30 Å². The summed E-state index contributed by atoms with van der Waals surface area (Å²) in [6.45, 7) is 3.44. The molecule has 0 fully saturated rings. The molecule has 0 atom stereocenters. The molecule has 8 heteroatoms. The molecule has 0 heterocycles. The topological polar surface area (TPSA) is 51.2 Å². The highest BCUT2D eigenvalue weighted by atomic mass is 35.5. The molecule has 0 aliphatic heterocycles.